The maximum atomic E-state index is 13.2. The highest BCUT2D eigenvalue weighted by Crippen LogP contribution is 2.32. The molecule has 1 amide bonds. The number of halogens is 2. The van der Waals surface area contributed by atoms with E-state index >= 15 is 0 Å². The van der Waals surface area contributed by atoms with Gasteiger partial charge in [0.15, 0.2) is 11.5 Å². The number of rotatable bonds is 7. The number of anilines is 2. The van der Waals surface area contributed by atoms with E-state index < -0.39 is 28.3 Å². The Morgan fingerprint density at radius 1 is 1.15 bits per heavy atom. The highest BCUT2D eigenvalue weighted by Gasteiger charge is 2.22. The lowest BCUT2D eigenvalue weighted by molar-refractivity contribution is -0.114. The quantitative estimate of drug-likeness (QED) is 0.750. The van der Waals surface area contributed by atoms with Crippen LogP contribution in [0.3, 0.4) is 0 Å². The molecule has 2 aromatic rings. The third-order valence-corrected chi connectivity index (χ3v) is 4.98. The molecular formula is C17H18ClFN2O5S. The van der Waals surface area contributed by atoms with Crippen LogP contribution in [0.5, 0.6) is 11.5 Å². The minimum atomic E-state index is -3.77. The largest absolute Gasteiger partial charge is 0.493 e. The number of carbonyl (C=O) groups excluding carboxylic acids is 1. The summed E-state index contributed by atoms with van der Waals surface area (Å²) in [5.41, 5.74) is 0.467. The fourth-order valence-corrected chi connectivity index (χ4v) is 3.31. The molecule has 0 aliphatic carbocycles. The number of amides is 1. The second-order valence-corrected chi connectivity index (χ2v) is 7.80. The predicted octanol–water partition coefficient (Wildman–Crippen LogP) is 2.90. The van der Waals surface area contributed by atoms with Gasteiger partial charge in [0.05, 0.1) is 31.2 Å². The van der Waals surface area contributed by atoms with Gasteiger partial charge in [-0.05, 0) is 30.3 Å². The third kappa shape index (κ3) is 5.24. The van der Waals surface area contributed by atoms with Crippen molar-refractivity contribution in [2.24, 2.45) is 0 Å². The summed E-state index contributed by atoms with van der Waals surface area (Å²) in [6, 6.07) is 8.12. The van der Waals surface area contributed by atoms with Gasteiger partial charge in [-0.3, -0.25) is 9.10 Å². The molecule has 0 saturated heterocycles. The molecule has 0 spiro atoms. The van der Waals surface area contributed by atoms with E-state index in [1.54, 1.807) is 0 Å². The maximum absolute atomic E-state index is 13.2. The average molecular weight is 417 g/mol. The number of carbonyl (C=O) groups is 1. The first-order valence-corrected chi connectivity index (χ1v) is 9.83. The summed E-state index contributed by atoms with van der Waals surface area (Å²) in [6.07, 6.45) is 0.978. The molecule has 0 atom stereocenters. The highest BCUT2D eigenvalue weighted by atomic mass is 35.5. The summed E-state index contributed by atoms with van der Waals surface area (Å²) in [7, 11) is -0.909. The normalized spacial score (nSPS) is 11.0. The van der Waals surface area contributed by atoms with Crippen molar-refractivity contribution in [2.75, 3.05) is 36.6 Å². The lowest BCUT2D eigenvalue weighted by Gasteiger charge is -2.23. The second kappa shape index (κ2) is 8.45. The van der Waals surface area contributed by atoms with E-state index in [4.69, 9.17) is 21.1 Å². The van der Waals surface area contributed by atoms with Gasteiger partial charge in [0.1, 0.15) is 12.4 Å². The van der Waals surface area contributed by atoms with Crippen molar-refractivity contribution in [1.29, 1.82) is 0 Å². The molecule has 0 radical (unpaired) electrons. The van der Waals surface area contributed by atoms with Gasteiger partial charge in [-0.25, -0.2) is 12.8 Å². The zero-order valence-corrected chi connectivity index (χ0v) is 16.4. The number of hydrogen-bond donors (Lipinski definition) is 1. The molecule has 0 fully saturated rings. The minimum Gasteiger partial charge on any atom is -0.493 e. The Morgan fingerprint density at radius 3 is 2.37 bits per heavy atom. The van der Waals surface area contributed by atoms with E-state index in [1.165, 1.54) is 44.6 Å². The fourth-order valence-electron chi connectivity index (χ4n) is 2.28. The number of nitrogens with one attached hydrogen (secondary N) is 1. The number of ether oxygens (including phenoxy) is 2. The molecule has 0 heterocycles. The number of nitrogens with zero attached hydrogens (tertiary/aromatic N) is 1. The molecule has 27 heavy (non-hydrogen) atoms. The molecule has 2 aromatic carbocycles. The van der Waals surface area contributed by atoms with Crippen LogP contribution < -0.4 is 19.1 Å². The van der Waals surface area contributed by atoms with E-state index in [0.717, 1.165) is 16.6 Å². The van der Waals surface area contributed by atoms with Crippen LogP contribution in [0.4, 0.5) is 15.8 Å². The summed E-state index contributed by atoms with van der Waals surface area (Å²) < 4.78 is 48.8. The zero-order chi connectivity index (χ0) is 20.2. The average Bonchev–Trinajstić information content (AvgIpc) is 2.61. The van der Waals surface area contributed by atoms with Gasteiger partial charge < -0.3 is 14.8 Å². The first-order valence-electron chi connectivity index (χ1n) is 7.60. The topological polar surface area (TPSA) is 84.9 Å². The van der Waals surface area contributed by atoms with E-state index in [9.17, 15) is 17.6 Å². The summed E-state index contributed by atoms with van der Waals surface area (Å²) in [6.45, 7) is -0.497. The van der Waals surface area contributed by atoms with E-state index in [2.05, 4.69) is 5.32 Å². The summed E-state index contributed by atoms with van der Waals surface area (Å²) in [5, 5.41) is 2.32. The van der Waals surface area contributed by atoms with Crippen LogP contribution in [0.1, 0.15) is 0 Å². The van der Waals surface area contributed by atoms with Gasteiger partial charge in [-0.2, -0.15) is 0 Å². The Hall–Kier alpha value is -2.52. The van der Waals surface area contributed by atoms with Crippen molar-refractivity contribution in [2.45, 2.75) is 0 Å². The van der Waals surface area contributed by atoms with Crippen LogP contribution in [0.25, 0.3) is 0 Å². The molecule has 0 aromatic heterocycles. The molecule has 146 valence electrons. The third-order valence-electron chi connectivity index (χ3n) is 3.55. The van der Waals surface area contributed by atoms with Crippen molar-refractivity contribution >= 4 is 38.9 Å². The van der Waals surface area contributed by atoms with Crippen LogP contribution >= 0.6 is 11.6 Å². The Kier molecular flexibility index (Phi) is 6.50. The summed E-state index contributed by atoms with van der Waals surface area (Å²) in [4.78, 5) is 12.3. The molecule has 7 nitrogen and oxygen atoms in total. The predicted molar refractivity (Wildman–Crippen MR) is 102 cm³/mol. The van der Waals surface area contributed by atoms with E-state index in [1.807, 2.05) is 0 Å². The Labute approximate surface area is 161 Å². The van der Waals surface area contributed by atoms with Gasteiger partial charge in [0.2, 0.25) is 15.9 Å². The monoisotopic (exact) mass is 416 g/mol. The van der Waals surface area contributed by atoms with Crippen molar-refractivity contribution in [3.05, 3.63) is 47.2 Å². The molecule has 0 bridgehead atoms. The van der Waals surface area contributed by atoms with Crippen molar-refractivity contribution < 1.29 is 27.1 Å². The number of sulfonamides is 1. The lowest BCUT2D eigenvalue weighted by atomic mass is 10.2. The van der Waals surface area contributed by atoms with Gasteiger partial charge in [0.25, 0.3) is 0 Å². The van der Waals surface area contributed by atoms with Crippen LogP contribution in [0.2, 0.25) is 5.02 Å². The van der Waals surface area contributed by atoms with Crippen molar-refractivity contribution in [3.8, 4) is 11.5 Å². The maximum Gasteiger partial charge on any atom is 0.245 e. The Balaban J connectivity index is 2.27. The Morgan fingerprint density at radius 2 is 1.81 bits per heavy atom. The molecule has 1 N–H and O–H groups in total. The summed E-state index contributed by atoms with van der Waals surface area (Å²) >= 11 is 5.68. The zero-order valence-electron chi connectivity index (χ0n) is 14.8. The SMILES string of the molecule is COc1ccc(N(CC(=O)Nc2ccc(F)c(Cl)c2)S(C)(=O)=O)cc1OC. The number of benzene rings is 2. The first kappa shape index (κ1) is 20.8. The molecule has 2 rings (SSSR count). The molecule has 0 aliphatic rings. The molecule has 10 heteroatoms. The van der Waals surface area contributed by atoms with Crippen LogP contribution in [-0.4, -0.2) is 41.3 Å². The van der Waals surface area contributed by atoms with E-state index in [0.29, 0.717) is 11.5 Å². The van der Waals surface area contributed by atoms with Crippen molar-refractivity contribution in [1.82, 2.24) is 0 Å². The lowest BCUT2D eigenvalue weighted by Crippen LogP contribution is -2.37. The molecular weight excluding hydrogens is 399 g/mol. The van der Waals surface area contributed by atoms with Crippen LogP contribution in [0, 0.1) is 5.82 Å². The highest BCUT2D eigenvalue weighted by molar-refractivity contribution is 7.92. The van der Waals surface area contributed by atoms with Gasteiger partial charge >= 0.3 is 0 Å². The van der Waals surface area contributed by atoms with Gasteiger partial charge in [-0.1, -0.05) is 11.6 Å². The number of methoxy groups -OCH3 is 2. The van der Waals surface area contributed by atoms with Gasteiger partial charge in [-0.15, -0.1) is 0 Å². The van der Waals surface area contributed by atoms with Crippen LogP contribution in [0.15, 0.2) is 36.4 Å². The second-order valence-electron chi connectivity index (χ2n) is 5.49. The molecule has 0 aliphatic heterocycles. The van der Waals surface area contributed by atoms with E-state index in [-0.39, 0.29) is 16.4 Å². The minimum absolute atomic E-state index is 0.160. The smallest absolute Gasteiger partial charge is 0.245 e. The molecule has 0 unspecified atom stereocenters. The first-order chi connectivity index (χ1) is 12.7. The molecule has 0 saturated carbocycles. The fraction of sp³-hybridized carbons (Fsp3) is 0.235. The van der Waals surface area contributed by atoms with Gasteiger partial charge in [0, 0.05) is 11.8 Å². The standard InChI is InChI=1S/C17H18ClFN2O5S/c1-25-15-7-5-12(9-16(15)26-2)21(27(3,23)24)10-17(22)20-11-4-6-14(19)13(18)8-11/h4-9H,10H2,1-3H3,(H,20,22). The Bertz CT molecular complexity index is 952. The summed E-state index contributed by atoms with van der Waals surface area (Å²) in [5.74, 6) is -0.523. The van der Waals surface area contributed by atoms with Crippen molar-refractivity contribution in [3.63, 3.8) is 0 Å². The van der Waals surface area contributed by atoms with Crippen LogP contribution in [-0.2, 0) is 14.8 Å². The number of hydrogen-bond acceptors (Lipinski definition) is 5.